The Morgan fingerprint density at radius 1 is 1.38 bits per heavy atom. The van der Waals surface area contributed by atoms with Gasteiger partial charge in [-0.15, -0.1) is 11.6 Å². The molecule has 0 radical (unpaired) electrons. The van der Waals surface area contributed by atoms with Crippen molar-refractivity contribution in [2.24, 2.45) is 0 Å². The molecule has 0 saturated heterocycles. The topological polar surface area (TPSA) is 21.3 Å². The third kappa shape index (κ3) is 3.45. The molecule has 1 N–H and O–H groups in total. The maximum absolute atomic E-state index is 5.91. The van der Waals surface area contributed by atoms with Gasteiger partial charge in [-0.05, 0) is 38.6 Å². The van der Waals surface area contributed by atoms with Gasteiger partial charge in [-0.25, -0.2) is 0 Å². The van der Waals surface area contributed by atoms with Crippen LogP contribution in [0.1, 0.15) is 32.1 Å². The molecule has 0 aromatic rings. The highest BCUT2D eigenvalue weighted by molar-refractivity contribution is 6.18. The van der Waals surface area contributed by atoms with E-state index in [2.05, 4.69) is 5.32 Å². The van der Waals surface area contributed by atoms with E-state index in [0.29, 0.717) is 0 Å². The monoisotopic (exact) mass is 205 g/mol. The summed E-state index contributed by atoms with van der Waals surface area (Å²) in [6.45, 7) is 1.95. The summed E-state index contributed by atoms with van der Waals surface area (Å²) in [5, 5.41) is 3.55. The molecule has 0 aromatic heterocycles. The normalized spacial score (nSPS) is 19.8. The second-order valence-corrected chi connectivity index (χ2v) is 4.16. The highest BCUT2D eigenvalue weighted by atomic mass is 35.5. The van der Waals surface area contributed by atoms with Crippen molar-refractivity contribution in [3.8, 4) is 0 Å². The van der Waals surface area contributed by atoms with Gasteiger partial charge in [-0.1, -0.05) is 0 Å². The van der Waals surface area contributed by atoms with Crippen molar-refractivity contribution in [1.82, 2.24) is 5.32 Å². The molecule has 1 saturated carbocycles. The van der Waals surface area contributed by atoms with Crippen molar-refractivity contribution < 1.29 is 4.74 Å². The Kier molecular flexibility index (Phi) is 5.07. The van der Waals surface area contributed by atoms with E-state index in [1.54, 1.807) is 7.11 Å². The smallest absolute Gasteiger partial charge is 0.0462 e. The SMILES string of the molecule is COCCCCNC1(CCl)CCC1. The van der Waals surface area contributed by atoms with Crippen LogP contribution in [0.25, 0.3) is 0 Å². The lowest BCUT2D eigenvalue weighted by Gasteiger charge is -2.41. The molecule has 0 unspecified atom stereocenters. The third-order valence-corrected chi connectivity index (χ3v) is 3.35. The minimum Gasteiger partial charge on any atom is -0.385 e. The van der Waals surface area contributed by atoms with E-state index in [-0.39, 0.29) is 5.54 Å². The Bertz CT molecular complexity index is 131. The van der Waals surface area contributed by atoms with Crippen molar-refractivity contribution in [3.05, 3.63) is 0 Å². The Balaban J connectivity index is 1.98. The standard InChI is InChI=1S/C10H20ClNO/c1-13-8-3-2-7-12-10(9-11)5-4-6-10/h12H,2-9H2,1H3. The molecule has 3 heteroatoms. The average Bonchev–Trinajstić information content (AvgIpc) is 2.09. The molecule has 78 valence electrons. The number of hydrogen-bond acceptors (Lipinski definition) is 2. The molecular weight excluding hydrogens is 186 g/mol. The second-order valence-electron chi connectivity index (χ2n) is 3.89. The van der Waals surface area contributed by atoms with Crippen molar-refractivity contribution in [2.75, 3.05) is 26.1 Å². The molecule has 0 aliphatic heterocycles. The first-order valence-corrected chi connectivity index (χ1v) is 5.66. The van der Waals surface area contributed by atoms with E-state index < -0.39 is 0 Å². The third-order valence-electron chi connectivity index (χ3n) is 2.84. The Hall–Kier alpha value is 0.210. The van der Waals surface area contributed by atoms with Crippen LogP contribution in [0.2, 0.25) is 0 Å². The number of methoxy groups -OCH3 is 1. The van der Waals surface area contributed by atoms with Gasteiger partial charge >= 0.3 is 0 Å². The molecular formula is C10H20ClNO. The summed E-state index contributed by atoms with van der Waals surface area (Å²) >= 11 is 5.91. The summed E-state index contributed by atoms with van der Waals surface area (Å²) < 4.78 is 4.99. The van der Waals surface area contributed by atoms with Crippen molar-refractivity contribution >= 4 is 11.6 Å². The number of alkyl halides is 1. The summed E-state index contributed by atoms with van der Waals surface area (Å²) in [5.74, 6) is 0.761. The fourth-order valence-corrected chi connectivity index (χ4v) is 2.05. The van der Waals surface area contributed by atoms with Crippen LogP contribution < -0.4 is 5.32 Å². The van der Waals surface area contributed by atoms with Crippen LogP contribution in [0.15, 0.2) is 0 Å². The predicted molar refractivity (Wildman–Crippen MR) is 56.4 cm³/mol. The lowest BCUT2D eigenvalue weighted by atomic mass is 9.78. The summed E-state index contributed by atoms with van der Waals surface area (Å²) in [6.07, 6.45) is 6.16. The first kappa shape index (κ1) is 11.3. The van der Waals surface area contributed by atoms with Crippen LogP contribution in [0.5, 0.6) is 0 Å². The molecule has 0 heterocycles. The van der Waals surface area contributed by atoms with Gasteiger partial charge in [0, 0.05) is 25.1 Å². The number of halogens is 1. The largest absolute Gasteiger partial charge is 0.385 e. The summed E-state index contributed by atoms with van der Waals surface area (Å²) in [5.41, 5.74) is 0.286. The molecule has 2 nitrogen and oxygen atoms in total. The van der Waals surface area contributed by atoms with E-state index in [9.17, 15) is 0 Å². The van der Waals surface area contributed by atoms with E-state index in [1.165, 1.54) is 25.7 Å². The fourth-order valence-electron chi connectivity index (χ4n) is 1.69. The molecule has 0 spiro atoms. The van der Waals surface area contributed by atoms with E-state index in [0.717, 1.165) is 25.5 Å². The van der Waals surface area contributed by atoms with Gasteiger partial charge < -0.3 is 10.1 Å². The van der Waals surface area contributed by atoms with Crippen LogP contribution >= 0.6 is 11.6 Å². The van der Waals surface area contributed by atoms with E-state index >= 15 is 0 Å². The first-order chi connectivity index (χ1) is 6.33. The Labute approximate surface area is 86.0 Å². The molecule has 1 fully saturated rings. The van der Waals surface area contributed by atoms with Crippen LogP contribution in [-0.2, 0) is 4.74 Å². The van der Waals surface area contributed by atoms with Gasteiger partial charge in [0.05, 0.1) is 0 Å². The second kappa shape index (κ2) is 5.84. The predicted octanol–water partition coefficient (Wildman–Crippen LogP) is 2.16. The van der Waals surface area contributed by atoms with Crippen LogP contribution in [0.3, 0.4) is 0 Å². The van der Waals surface area contributed by atoms with Crippen molar-refractivity contribution in [3.63, 3.8) is 0 Å². The highest BCUT2D eigenvalue weighted by Crippen LogP contribution is 2.32. The van der Waals surface area contributed by atoms with Crippen LogP contribution in [0.4, 0.5) is 0 Å². The minimum atomic E-state index is 0.286. The van der Waals surface area contributed by atoms with Crippen LogP contribution in [0, 0.1) is 0 Å². The lowest BCUT2D eigenvalue weighted by molar-refractivity contribution is 0.183. The zero-order chi connectivity index (χ0) is 9.57. The van der Waals surface area contributed by atoms with Gasteiger partial charge in [0.15, 0.2) is 0 Å². The molecule has 1 aliphatic rings. The van der Waals surface area contributed by atoms with Crippen LogP contribution in [-0.4, -0.2) is 31.7 Å². The summed E-state index contributed by atoms with van der Waals surface area (Å²) in [7, 11) is 1.75. The fraction of sp³-hybridized carbons (Fsp3) is 1.00. The molecule has 13 heavy (non-hydrogen) atoms. The molecule has 0 aromatic carbocycles. The first-order valence-electron chi connectivity index (χ1n) is 5.13. The minimum absolute atomic E-state index is 0.286. The maximum Gasteiger partial charge on any atom is 0.0462 e. The molecule has 0 bridgehead atoms. The Morgan fingerprint density at radius 3 is 2.62 bits per heavy atom. The van der Waals surface area contributed by atoms with Gasteiger partial charge in [-0.3, -0.25) is 0 Å². The van der Waals surface area contributed by atoms with Gasteiger partial charge in [0.2, 0.25) is 0 Å². The molecule has 0 amide bonds. The van der Waals surface area contributed by atoms with E-state index in [4.69, 9.17) is 16.3 Å². The molecule has 0 atom stereocenters. The Morgan fingerprint density at radius 2 is 2.15 bits per heavy atom. The van der Waals surface area contributed by atoms with Gasteiger partial charge in [0.1, 0.15) is 0 Å². The lowest BCUT2D eigenvalue weighted by Crippen LogP contribution is -2.52. The van der Waals surface area contributed by atoms with Gasteiger partial charge in [-0.2, -0.15) is 0 Å². The molecule has 1 aliphatic carbocycles. The zero-order valence-electron chi connectivity index (χ0n) is 8.44. The van der Waals surface area contributed by atoms with E-state index in [1.807, 2.05) is 0 Å². The van der Waals surface area contributed by atoms with Gasteiger partial charge in [0.25, 0.3) is 0 Å². The maximum atomic E-state index is 5.91. The number of unbranched alkanes of at least 4 members (excludes halogenated alkanes) is 1. The number of nitrogens with one attached hydrogen (secondary N) is 1. The summed E-state index contributed by atoms with van der Waals surface area (Å²) in [6, 6.07) is 0. The quantitative estimate of drug-likeness (QED) is 0.508. The van der Waals surface area contributed by atoms with Crippen molar-refractivity contribution in [1.29, 1.82) is 0 Å². The van der Waals surface area contributed by atoms with Crippen molar-refractivity contribution in [2.45, 2.75) is 37.6 Å². The highest BCUT2D eigenvalue weighted by Gasteiger charge is 2.34. The molecule has 1 rings (SSSR count). The number of ether oxygens (including phenoxy) is 1. The number of hydrogen-bond donors (Lipinski definition) is 1. The zero-order valence-corrected chi connectivity index (χ0v) is 9.20. The summed E-state index contributed by atoms with van der Waals surface area (Å²) in [4.78, 5) is 0. The number of rotatable bonds is 7. The average molecular weight is 206 g/mol.